The van der Waals surface area contributed by atoms with Crippen molar-refractivity contribution in [3.63, 3.8) is 0 Å². The lowest BCUT2D eigenvalue weighted by atomic mass is 10.0. The Balaban J connectivity index is 2.17. The third kappa shape index (κ3) is 6.07. The highest BCUT2D eigenvalue weighted by Gasteiger charge is 2.07. The maximum absolute atomic E-state index is 11.5. The number of rotatable bonds is 7. The van der Waals surface area contributed by atoms with E-state index in [-0.39, 0.29) is 5.97 Å². The summed E-state index contributed by atoms with van der Waals surface area (Å²) in [4.78, 5) is 11.5. The fourth-order valence-electron chi connectivity index (χ4n) is 1.60. The second kappa shape index (κ2) is 7.85. The third-order valence-corrected chi connectivity index (χ3v) is 2.74. The van der Waals surface area contributed by atoms with Crippen molar-refractivity contribution in [2.24, 2.45) is 11.7 Å². The van der Waals surface area contributed by atoms with Crippen LogP contribution >= 0.6 is 0 Å². The summed E-state index contributed by atoms with van der Waals surface area (Å²) in [5.74, 6) is 0.363. The molecule has 94 valence electrons. The summed E-state index contributed by atoms with van der Waals surface area (Å²) in [6.07, 6.45) is 2.30. The lowest BCUT2D eigenvalue weighted by molar-refractivity contribution is -0.145. The highest BCUT2D eigenvalue weighted by Crippen LogP contribution is 2.10. The van der Waals surface area contributed by atoms with E-state index in [4.69, 9.17) is 10.5 Å². The Morgan fingerprint density at radius 1 is 1.29 bits per heavy atom. The molecule has 0 aromatic heterocycles. The highest BCUT2D eigenvalue weighted by molar-refractivity contribution is 5.69. The SMILES string of the molecule is CC(CCN)CCC(=O)OCc1ccccc1. The van der Waals surface area contributed by atoms with E-state index in [1.165, 1.54) is 0 Å². The van der Waals surface area contributed by atoms with E-state index in [9.17, 15) is 4.79 Å². The van der Waals surface area contributed by atoms with Crippen LogP contribution in [-0.2, 0) is 16.1 Å². The van der Waals surface area contributed by atoms with Crippen molar-refractivity contribution in [1.82, 2.24) is 0 Å². The van der Waals surface area contributed by atoms with E-state index in [0.717, 1.165) is 18.4 Å². The molecule has 17 heavy (non-hydrogen) atoms. The number of esters is 1. The Bertz CT molecular complexity index is 324. The summed E-state index contributed by atoms with van der Waals surface area (Å²) in [5.41, 5.74) is 6.48. The van der Waals surface area contributed by atoms with Gasteiger partial charge in [-0.2, -0.15) is 0 Å². The molecule has 0 aliphatic heterocycles. The predicted octanol–water partition coefficient (Wildman–Crippen LogP) is 2.49. The van der Waals surface area contributed by atoms with E-state index in [1.54, 1.807) is 0 Å². The molecule has 0 aliphatic rings. The Kier molecular flexibility index (Phi) is 6.33. The van der Waals surface area contributed by atoms with Crippen LogP contribution < -0.4 is 5.73 Å². The van der Waals surface area contributed by atoms with Crippen molar-refractivity contribution in [3.8, 4) is 0 Å². The van der Waals surface area contributed by atoms with Crippen LogP contribution in [0.5, 0.6) is 0 Å². The number of hydrogen-bond donors (Lipinski definition) is 1. The maximum Gasteiger partial charge on any atom is 0.306 e. The van der Waals surface area contributed by atoms with Crippen LogP contribution in [0.4, 0.5) is 0 Å². The number of carbonyl (C=O) groups is 1. The molecule has 0 saturated heterocycles. The molecule has 3 nitrogen and oxygen atoms in total. The quantitative estimate of drug-likeness (QED) is 0.739. The zero-order valence-corrected chi connectivity index (χ0v) is 10.4. The van der Waals surface area contributed by atoms with Crippen molar-refractivity contribution >= 4 is 5.97 Å². The van der Waals surface area contributed by atoms with Crippen LogP contribution in [0.1, 0.15) is 31.7 Å². The van der Waals surface area contributed by atoms with Crippen molar-refractivity contribution in [3.05, 3.63) is 35.9 Å². The number of carbonyl (C=O) groups excluding carboxylic acids is 1. The zero-order valence-electron chi connectivity index (χ0n) is 10.4. The average Bonchev–Trinajstić information content (AvgIpc) is 2.35. The van der Waals surface area contributed by atoms with Crippen molar-refractivity contribution in [2.75, 3.05) is 6.54 Å². The molecule has 3 heteroatoms. The number of benzene rings is 1. The van der Waals surface area contributed by atoms with Crippen LogP contribution in [0.2, 0.25) is 0 Å². The second-order valence-electron chi connectivity index (χ2n) is 4.37. The molecule has 1 rings (SSSR count). The molecule has 0 saturated carbocycles. The minimum absolute atomic E-state index is 0.127. The van der Waals surface area contributed by atoms with Gasteiger partial charge in [0.1, 0.15) is 6.61 Å². The van der Waals surface area contributed by atoms with Crippen LogP contribution in [0.3, 0.4) is 0 Å². The van der Waals surface area contributed by atoms with E-state index in [1.807, 2.05) is 30.3 Å². The number of hydrogen-bond acceptors (Lipinski definition) is 3. The van der Waals surface area contributed by atoms with Gasteiger partial charge in [-0.1, -0.05) is 37.3 Å². The zero-order chi connectivity index (χ0) is 12.5. The summed E-state index contributed by atoms with van der Waals surface area (Å²) in [6.45, 7) is 3.16. The summed E-state index contributed by atoms with van der Waals surface area (Å²) >= 11 is 0. The van der Waals surface area contributed by atoms with Crippen LogP contribution in [0, 0.1) is 5.92 Å². The van der Waals surface area contributed by atoms with Gasteiger partial charge in [0.25, 0.3) is 0 Å². The van der Waals surface area contributed by atoms with Gasteiger partial charge in [0.15, 0.2) is 0 Å². The van der Waals surface area contributed by atoms with E-state index < -0.39 is 0 Å². The lowest BCUT2D eigenvalue weighted by Crippen LogP contribution is -2.10. The van der Waals surface area contributed by atoms with Crippen molar-refractivity contribution < 1.29 is 9.53 Å². The molecule has 1 unspecified atom stereocenters. The van der Waals surface area contributed by atoms with Gasteiger partial charge in [0.2, 0.25) is 0 Å². The van der Waals surface area contributed by atoms with Gasteiger partial charge in [-0.25, -0.2) is 0 Å². The normalized spacial score (nSPS) is 12.1. The fraction of sp³-hybridized carbons (Fsp3) is 0.500. The largest absolute Gasteiger partial charge is 0.461 e. The monoisotopic (exact) mass is 235 g/mol. The Morgan fingerprint density at radius 2 is 2.00 bits per heavy atom. The molecule has 0 spiro atoms. The maximum atomic E-state index is 11.5. The summed E-state index contributed by atoms with van der Waals surface area (Å²) < 4.78 is 5.19. The molecular weight excluding hydrogens is 214 g/mol. The fourth-order valence-corrected chi connectivity index (χ4v) is 1.60. The molecule has 0 fully saturated rings. The minimum atomic E-state index is -0.127. The van der Waals surface area contributed by atoms with Gasteiger partial charge in [0, 0.05) is 6.42 Å². The molecule has 0 radical (unpaired) electrons. The smallest absolute Gasteiger partial charge is 0.306 e. The van der Waals surface area contributed by atoms with E-state index in [0.29, 0.717) is 25.5 Å². The van der Waals surface area contributed by atoms with Crippen molar-refractivity contribution in [1.29, 1.82) is 0 Å². The first kappa shape index (κ1) is 13.7. The predicted molar refractivity (Wildman–Crippen MR) is 68.3 cm³/mol. The minimum Gasteiger partial charge on any atom is -0.461 e. The number of ether oxygens (including phenoxy) is 1. The lowest BCUT2D eigenvalue weighted by Gasteiger charge is -2.09. The standard InChI is InChI=1S/C14H21NO2/c1-12(9-10-15)7-8-14(16)17-11-13-5-3-2-4-6-13/h2-6,12H,7-11,15H2,1H3. The first-order valence-electron chi connectivity index (χ1n) is 6.12. The molecule has 0 amide bonds. The Labute approximate surface area is 103 Å². The van der Waals surface area contributed by atoms with Crippen molar-refractivity contribution in [2.45, 2.75) is 32.8 Å². The first-order chi connectivity index (χ1) is 8.22. The molecule has 0 aliphatic carbocycles. The van der Waals surface area contributed by atoms with Gasteiger partial charge >= 0.3 is 5.97 Å². The van der Waals surface area contributed by atoms with Crippen LogP contribution in [0.25, 0.3) is 0 Å². The molecule has 1 aromatic rings. The van der Waals surface area contributed by atoms with Gasteiger partial charge in [-0.15, -0.1) is 0 Å². The van der Waals surface area contributed by atoms with Gasteiger partial charge < -0.3 is 10.5 Å². The molecule has 1 aromatic carbocycles. The highest BCUT2D eigenvalue weighted by atomic mass is 16.5. The second-order valence-corrected chi connectivity index (χ2v) is 4.37. The van der Waals surface area contributed by atoms with Crippen LogP contribution in [-0.4, -0.2) is 12.5 Å². The van der Waals surface area contributed by atoms with Gasteiger partial charge in [-0.05, 0) is 30.9 Å². The molecule has 2 N–H and O–H groups in total. The average molecular weight is 235 g/mol. The topological polar surface area (TPSA) is 52.3 Å². The first-order valence-corrected chi connectivity index (χ1v) is 6.12. The third-order valence-electron chi connectivity index (χ3n) is 2.74. The van der Waals surface area contributed by atoms with Gasteiger partial charge in [0.05, 0.1) is 0 Å². The summed E-state index contributed by atoms with van der Waals surface area (Å²) in [7, 11) is 0. The summed E-state index contributed by atoms with van der Waals surface area (Å²) in [6, 6.07) is 9.72. The molecule has 0 bridgehead atoms. The van der Waals surface area contributed by atoms with E-state index >= 15 is 0 Å². The Hall–Kier alpha value is -1.35. The van der Waals surface area contributed by atoms with Crippen LogP contribution in [0.15, 0.2) is 30.3 Å². The van der Waals surface area contributed by atoms with Gasteiger partial charge in [-0.3, -0.25) is 4.79 Å². The summed E-state index contributed by atoms with van der Waals surface area (Å²) in [5, 5.41) is 0. The molecule has 1 atom stereocenters. The van der Waals surface area contributed by atoms with E-state index in [2.05, 4.69) is 6.92 Å². The molecular formula is C14H21NO2. The molecule has 0 heterocycles. The Morgan fingerprint density at radius 3 is 2.65 bits per heavy atom. The number of nitrogens with two attached hydrogens (primary N) is 1.